The molecular weight excluding hydrogens is 236 g/mol. The molecule has 2 nitrogen and oxygen atoms in total. The van der Waals surface area contributed by atoms with Crippen LogP contribution in [0, 0.1) is 11.8 Å². The fourth-order valence-corrected chi connectivity index (χ4v) is 3.17. The van der Waals surface area contributed by atoms with Crippen molar-refractivity contribution in [2.75, 3.05) is 0 Å². The fraction of sp³-hybridized carbons (Fsp3) is 0.235. The van der Waals surface area contributed by atoms with Gasteiger partial charge in [-0.05, 0) is 17.9 Å². The highest BCUT2D eigenvalue weighted by Crippen LogP contribution is 2.39. The predicted molar refractivity (Wildman–Crippen MR) is 74.1 cm³/mol. The lowest BCUT2D eigenvalue weighted by Gasteiger charge is -2.20. The SMILES string of the molecule is O=C1C2C=CC1C(Oc1cccc3ccccc13)C2. The van der Waals surface area contributed by atoms with Gasteiger partial charge in [0.2, 0.25) is 0 Å². The van der Waals surface area contributed by atoms with Gasteiger partial charge in [0, 0.05) is 11.3 Å². The number of hydrogen-bond acceptors (Lipinski definition) is 2. The van der Waals surface area contributed by atoms with Gasteiger partial charge in [0.25, 0.3) is 0 Å². The standard InChI is InChI=1S/C17H14O2/c18-17-12-8-9-14(17)16(10-12)19-15-7-3-5-11-4-1-2-6-13(11)15/h1-9,12,14,16H,10H2. The molecule has 2 aromatic rings. The van der Waals surface area contributed by atoms with Crippen molar-refractivity contribution >= 4 is 16.6 Å². The zero-order valence-corrected chi connectivity index (χ0v) is 10.5. The van der Waals surface area contributed by atoms with Crippen molar-refractivity contribution in [1.82, 2.24) is 0 Å². The van der Waals surface area contributed by atoms with Crippen LogP contribution in [0.1, 0.15) is 6.42 Å². The molecule has 3 unspecified atom stereocenters. The molecule has 0 radical (unpaired) electrons. The van der Waals surface area contributed by atoms with E-state index in [1.54, 1.807) is 0 Å². The molecule has 0 aliphatic heterocycles. The number of hydrogen-bond donors (Lipinski definition) is 0. The van der Waals surface area contributed by atoms with Gasteiger partial charge in [-0.15, -0.1) is 0 Å². The second kappa shape index (κ2) is 3.95. The number of allylic oxidation sites excluding steroid dienone is 1. The maximum Gasteiger partial charge on any atom is 0.150 e. The zero-order valence-electron chi connectivity index (χ0n) is 10.5. The van der Waals surface area contributed by atoms with E-state index < -0.39 is 0 Å². The Hall–Kier alpha value is -2.09. The first-order valence-corrected chi connectivity index (χ1v) is 6.69. The van der Waals surface area contributed by atoms with Gasteiger partial charge in [-0.1, -0.05) is 48.6 Å². The number of ketones is 1. The molecule has 2 aliphatic carbocycles. The third kappa shape index (κ3) is 1.60. The minimum atomic E-state index is -0.0380. The second-order valence-corrected chi connectivity index (χ2v) is 5.29. The summed E-state index contributed by atoms with van der Waals surface area (Å²) < 4.78 is 6.12. The van der Waals surface area contributed by atoms with Crippen molar-refractivity contribution in [1.29, 1.82) is 0 Å². The topological polar surface area (TPSA) is 26.3 Å². The number of fused-ring (bicyclic) bond motifs is 3. The molecule has 0 spiro atoms. The van der Waals surface area contributed by atoms with Crippen molar-refractivity contribution < 1.29 is 9.53 Å². The van der Waals surface area contributed by atoms with Crippen molar-refractivity contribution in [2.45, 2.75) is 12.5 Å². The average Bonchev–Trinajstić information content (AvgIpc) is 2.94. The number of Topliss-reactive ketones (excluding diaryl/α,β-unsaturated/α-hetero) is 1. The molecule has 0 saturated heterocycles. The first kappa shape index (κ1) is 10.8. The maximum atomic E-state index is 11.9. The summed E-state index contributed by atoms with van der Waals surface area (Å²) in [5.74, 6) is 1.26. The molecule has 3 atom stereocenters. The van der Waals surface area contributed by atoms with E-state index in [-0.39, 0.29) is 17.9 Å². The van der Waals surface area contributed by atoms with Crippen molar-refractivity contribution in [3.63, 3.8) is 0 Å². The van der Waals surface area contributed by atoms with Gasteiger partial charge in [-0.2, -0.15) is 0 Å². The van der Waals surface area contributed by atoms with Crippen molar-refractivity contribution in [3.05, 3.63) is 54.6 Å². The molecule has 1 saturated carbocycles. The molecule has 0 aromatic heterocycles. The highest BCUT2D eigenvalue weighted by Gasteiger charge is 2.45. The number of carbonyl (C=O) groups is 1. The Balaban J connectivity index is 1.69. The minimum absolute atomic E-state index is 0.00769. The van der Waals surface area contributed by atoms with Crippen LogP contribution in [0.5, 0.6) is 5.75 Å². The Bertz CT molecular complexity index is 681. The summed E-state index contributed by atoms with van der Waals surface area (Å²) in [7, 11) is 0. The highest BCUT2D eigenvalue weighted by atomic mass is 16.5. The molecule has 94 valence electrons. The Labute approximate surface area is 111 Å². The predicted octanol–water partition coefficient (Wildman–Crippen LogP) is 3.36. The van der Waals surface area contributed by atoms with Gasteiger partial charge in [0.15, 0.2) is 0 Å². The van der Waals surface area contributed by atoms with Crippen LogP contribution in [-0.4, -0.2) is 11.9 Å². The number of benzene rings is 2. The van der Waals surface area contributed by atoms with Crippen LogP contribution in [-0.2, 0) is 4.79 Å². The van der Waals surface area contributed by atoms with Crippen LogP contribution < -0.4 is 4.74 Å². The number of carbonyl (C=O) groups excluding carboxylic acids is 1. The summed E-state index contributed by atoms with van der Waals surface area (Å²) >= 11 is 0. The number of ether oxygens (including phenoxy) is 1. The van der Waals surface area contributed by atoms with Gasteiger partial charge in [0.05, 0.1) is 5.92 Å². The van der Waals surface area contributed by atoms with E-state index in [0.29, 0.717) is 5.78 Å². The average molecular weight is 250 g/mol. The fourth-order valence-electron chi connectivity index (χ4n) is 3.17. The Morgan fingerprint density at radius 1 is 1.00 bits per heavy atom. The summed E-state index contributed by atoms with van der Waals surface area (Å²) in [5.41, 5.74) is 0. The Morgan fingerprint density at radius 2 is 1.84 bits per heavy atom. The highest BCUT2D eigenvalue weighted by molar-refractivity contribution is 5.92. The largest absolute Gasteiger partial charge is 0.489 e. The van der Waals surface area contributed by atoms with E-state index >= 15 is 0 Å². The smallest absolute Gasteiger partial charge is 0.150 e. The lowest BCUT2D eigenvalue weighted by atomic mass is 10.0. The van der Waals surface area contributed by atoms with Gasteiger partial charge in [0.1, 0.15) is 17.6 Å². The normalized spacial score (nSPS) is 28.2. The van der Waals surface area contributed by atoms with Crippen molar-refractivity contribution in [2.24, 2.45) is 11.8 Å². The molecule has 0 heterocycles. The minimum Gasteiger partial charge on any atom is -0.489 e. The van der Waals surface area contributed by atoms with Crippen LogP contribution >= 0.6 is 0 Å². The molecule has 0 amide bonds. The Morgan fingerprint density at radius 3 is 2.63 bits per heavy atom. The third-order valence-corrected chi connectivity index (χ3v) is 4.16. The molecule has 2 heteroatoms. The van der Waals surface area contributed by atoms with E-state index in [1.165, 1.54) is 5.39 Å². The summed E-state index contributed by atoms with van der Waals surface area (Å²) in [5, 5.41) is 2.29. The maximum absolute atomic E-state index is 11.9. The summed E-state index contributed by atoms with van der Waals surface area (Å²) in [6, 6.07) is 14.2. The van der Waals surface area contributed by atoms with E-state index in [1.807, 2.05) is 36.4 Å². The third-order valence-electron chi connectivity index (χ3n) is 4.16. The summed E-state index contributed by atoms with van der Waals surface area (Å²) in [4.78, 5) is 11.9. The monoisotopic (exact) mass is 250 g/mol. The van der Waals surface area contributed by atoms with E-state index in [2.05, 4.69) is 18.2 Å². The zero-order chi connectivity index (χ0) is 12.8. The first-order valence-electron chi connectivity index (χ1n) is 6.69. The van der Waals surface area contributed by atoms with Crippen LogP contribution in [0.25, 0.3) is 10.8 Å². The molecule has 0 N–H and O–H groups in total. The van der Waals surface area contributed by atoms with E-state index in [9.17, 15) is 4.79 Å². The van der Waals surface area contributed by atoms with Crippen LogP contribution in [0.4, 0.5) is 0 Å². The van der Waals surface area contributed by atoms with Gasteiger partial charge in [-0.25, -0.2) is 0 Å². The lowest BCUT2D eigenvalue weighted by Crippen LogP contribution is -2.23. The molecule has 2 aromatic carbocycles. The van der Waals surface area contributed by atoms with E-state index in [4.69, 9.17) is 4.74 Å². The quantitative estimate of drug-likeness (QED) is 0.764. The molecule has 2 bridgehead atoms. The first-order chi connectivity index (χ1) is 9.33. The second-order valence-electron chi connectivity index (χ2n) is 5.29. The van der Waals surface area contributed by atoms with Crippen molar-refractivity contribution in [3.8, 4) is 5.75 Å². The summed E-state index contributed by atoms with van der Waals surface area (Å²) in [6.07, 6.45) is 4.86. The summed E-state index contributed by atoms with van der Waals surface area (Å²) in [6.45, 7) is 0. The van der Waals surface area contributed by atoms with Crippen LogP contribution in [0.15, 0.2) is 54.6 Å². The molecule has 1 fully saturated rings. The Kier molecular flexibility index (Phi) is 2.25. The van der Waals surface area contributed by atoms with Gasteiger partial charge in [-0.3, -0.25) is 4.79 Å². The molecule has 4 rings (SSSR count). The molecular formula is C17H14O2. The van der Waals surface area contributed by atoms with Gasteiger partial charge < -0.3 is 4.74 Å². The van der Waals surface area contributed by atoms with E-state index in [0.717, 1.165) is 17.6 Å². The van der Waals surface area contributed by atoms with Crippen LogP contribution in [0.2, 0.25) is 0 Å². The lowest BCUT2D eigenvalue weighted by molar-refractivity contribution is -0.121. The van der Waals surface area contributed by atoms with Crippen LogP contribution in [0.3, 0.4) is 0 Å². The number of rotatable bonds is 2. The molecule has 2 aliphatic rings. The molecule has 19 heavy (non-hydrogen) atoms. The van der Waals surface area contributed by atoms with Gasteiger partial charge >= 0.3 is 0 Å².